The summed E-state index contributed by atoms with van der Waals surface area (Å²) in [4.78, 5) is 42.1. The van der Waals surface area contributed by atoms with Crippen molar-refractivity contribution in [3.63, 3.8) is 0 Å². The molecule has 5 N–H and O–H groups in total. The number of aliphatic hydroxyl groups is 1. The Bertz CT molecular complexity index is 1950. The van der Waals surface area contributed by atoms with Gasteiger partial charge in [0.2, 0.25) is 0 Å². The number of carbonyl (C=O) groups excluding carboxylic acids is 3. The summed E-state index contributed by atoms with van der Waals surface area (Å²) in [6, 6.07) is 26.7. The average molecular weight is 720 g/mol. The molecule has 1 fully saturated rings. The molecule has 4 aromatic rings. The van der Waals surface area contributed by atoms with Crippen LogP contribution in [-0.4, -0.2) is 96.4 Å². The molecule has 3 aliphatic heterocycles. The molecule has 3 aliphatic rings. The minimum Gasteiger partial charge on any atom is -0.506 e. The summed E-state index contributed by atoms with van der Waals surface area (Å²) in [5, 5.41) is 29.7. The summed E-state index contributed by atoms with van der Waals surface area (Å²) in [5.74, 6) is -0.134. The number of para-hydroxylation sites is 1. The number of rotatable bonds is 12. The quantitative estimate of drug-likeness (QED) is 0.101. The topological polar surface area (TPSA) is 153 Å². The first kappa shape index (κ1) is 36.0. The van der Waals surface area contributed by atoms with Crippen LogP contribution in [-0.2, 0) is 22.4 Å². The Morgan fingerprint density at radius 3 is 2.57 bits per heavy atom. The molecular formula is C41H45N5O7. The second kappa shape index (κ2) is 16.5. The van der Waals surface area contributed by atoms with Gasteiger partial charge in [0, 0.05) is 56.0 Å². The van der Waals surface area contributed by atoms with E-state index in [1.165, 1.54) is 6.07 Å². The van der Waals surface area contributed by atoms with E-state index in [0.29, 0.717) is 25.2 Å². The zero-order valence-corrected chi connectivity index (χ0v) is 29.6. The fraction of sp³-hybridized carbons (Fsp3) is 0.341. The number of hydrogen-bond donors (Lipinski definition) is 5. The van der Waals surface area contributed by atoms with Crippen LogP contribution in [0.5, 0.6) is 11.5 Å². The molecule has 0 saturated carbocycles. The van der Waals surface area contributed by atoms with Gasteiger partial charge in [0.15, 0.2) is 12.4 Å². The first-order valence-electron chi connectivity index (χ1n) is 18.2. The van der Waals surface area contributed by atoms with Crippen LogP contribution in [0.4, 0.5) is 16.2 Å². The molecule has 4 aromatic carbocycles. The van der Waals surface area contributed by atoms with Gasteiger partial charge in [-0.05, 0) is 73.2 Å². The van der Waals surface area contributed by atoms with Gasteiger partial charge in [0.25, 0.3) is 11.8 Å². The van der Waals surface area contributed by atoms with Crippen LogP contribution < -0.4 is 20.7 Å². The maximum atomic E-state index is 13.4. The summed E-state index contributed by atoms with van der Waals surface area (Å²) in [7, 11) is 0. The number of benzene rings is 4. The third-order valence-corrected chi connectivity index (χ3v) is 10.1. The van der Waals surface area contributed by atoms with E-state index in [9.17, 15) is 24.6 Å². The van der Waals surface area contributed by atoms with Crippen LogP contribution >= 0.6 is 0 Å². The highest BCUT2D eigenvalue weighted by Gasteiger charge is 2.28. The number of aliphatic hydroxyl groups excluding tert-OH is 1. The predicted octanol–water partition coefficient (Wildman–Crippen LogP) is 4.97. The summed E-state index contributed by atoms with van der Waals surface area (Å²) in [6.07, 6.45) is 1.51. The molecule has 12 heteroatoms. The fourth-order valence-electron chi connectivity index (χ4n) is 7.25. The molecule has 0 aliphatic carbocycles. The number of anilines is 2. The first-order valence-corrected chi connectivity index (χ1v) is 18.2. The lowest BCUT2D eigenvalue weighted by molar-refractivity contribution is -0.118. The molecule has 7 rings (SSSR count). The normalized spacial score (nSPS) is 16.6. The Morgan fingerprint density at radius 2 is 1.74 bits per heavy atom. The number of hydrogen-bond acceptors (Lipinski definition) is 9. The smallest absolute Gasteiger partial charge is 0.411 e. The van der Waals surface area contributed by atoms with Crippen molar-refractivity contribution in [2.45, 2.75) is 37.9 Å². The second-order valence-corrected chi connectivity index (χ2v) is 13.7. The highest BCUT2D eigenvalue weighted by molar-refractivity contribution is 5.98. The standard InChI is InChI=1S/C41H45N5O7/c47-35-13-12-33(39-38(35)44-37(49)26-52-39)36(48)25-42-18-14-27-10-11-32-29(24-27)15-21-46(40(32)50)23-22-45-19-16-30(17-20-45)53-41(51)43-34-9-5-4-8-31(34)28-6-2-1-3-7-28/h1-13,24,30,36,42,47-48H,14-23,25-26H2,(H,43,51)(H,44,49)/t36-/m0/s1. The molecule has 1 atom stereocenters. The van der Waals surface area contributed by atoms with Crippen molar-refractivity contribution in [1.29, 1.82) is 0 Å². The molecule has 1 saturated heterocycles. The Labute approximate surface area is 308 Å². The molecular weight excluding hydrogens is 674 g/mol. The van der Waals surface area contributed by atoms with E-state index >= 15 is 0 Å². The SMILES string of the molecule is O=C1COc2c([C@@H](O)CNCCc3ccc4c(c3)CCN(CCN3CCC(OC(=O)Nc5ccccc5-c5ccccc5)CC3)C4=O)ccc(O)c2N1. The number of ether oxygens (including phenoxy) is 2. The minimum absolute atomic E-state index is 0.0559. The van der Waals surface area contributed by atoms with Crippen LogP contribution in [0.1, 0.15) is 46.0 Å². The summed E-state index contributed by atoms with van der Waals surface area (Å²) >= 11 is 0. The summed E-state index contributed by atoms with van der Waals surface area (Å²) < 4.78 is 11.3. The highest BCUT2D eigenvalue weighted by Crippen LogP contribution is 2.41. The van der Waals surface area contributed by atoms with Crippen LogP contribution in [0.2, 0.25) is 0 Å². The van der Waals surface area contributed by atoms with Crippen LogP contribution in [0.25, 0.3) is 11.1 Å². The number of aromatic hydroxyl groups is 1. The van der Waals surface area contributed by atoms with Crippen molar-refractivity contribution < 1.29 is 34.1 Å². The number of nitrogens with one attached hydrogen (secondary N) is 3. The number of carbonyl (C=O) groups is 3. The van der Waals surface area contributed by atoms with E-state index in [1.807, 2.05) is 71.6 Å². The molecule has 53 heavy (non-hydrogen) atoms. The zero-order valence-electron chi connectivity index (χ0n) is 29.6. The maximum absolute atomic E-state index is 13.4. The lowest BCUT2D eigenvalue weighted by atomic mass is 9.95. The van der Waals surface area contributed by atoms with Crippen molar-refractivity contribution in [3.8, 4) is 22.6 Å². The van der Waals surface area contributed by atoms with Gasteiger partial charge in [-0.1, -0.05) is 60.7 Å². The molecule has 3 amide bonds. The monoisotopic (exact) mass is 719 g/mol. The summed E-state index contributed by atoms with van der Waals surface area (Å²) in [5.41, 5.74) is 6.27. The van der Waals surface area contributed by atoms with Gasteiger partial charge < -0.3 is 40.1 Å². The molecule has 0 unspecified atom stereocenters. The molecule has 3 heterocycles. The Balaban J connectivity index is 0.824. The zero-order chi connectivity index (χ0) is 36.7. The number of phenols is 1. The third-order valence-electron chi connectivity index (χ3n) is 10.1. The Morgan fingerprint density at radius 1 is 0.943 bits per heavy atom. The molecule has 0 radical (unpaired) electrons. The number of nitrogens with zero attached hydrogens (tertiary/aromatic N) is 2. The van der Waals surface area contributed by atoms with Gasteiger partial charge in [-0.3, -0.25) is 14.9 Å². The van der Waals surface area contributed by atoms with E-state index < -0.39 is 12.2 Å². The largest absolute Gasteiger partial charge is 0.506 e. The van der Waals surface area contributed by atoms with Crippen molar-refractivity contribution >= 4 is 29.3 Å². The highest BCUT2D eigenvalue weighted by atomic mass is 16.6. The van der Waals surface area contributed by atoms with Crippen molar-refractivity contribution in [2.75, 3.05) is 63.1 Å². The van der Waals surface area contributed by atoms with E-state index in [4.69, 9.17) is 9.47 Å². The van der Waals surface area contributed by atoms with Gasteiger partial charge in [0.05, 0.1) is 11.8 Å². The third kappa shape index (κ3) is 8.62. The minimum atomic E-state index is -0.896. The van der Waals surface area contributed by atoms with Crippen LogP contribution in [0.15, 0.2) is 84.9 Å². The molecule has 0 aromatic heterocycles. The summed E-state index contributed by atoms with van der Waals surface area (Å²) in [6.45, 7) is 4.39. The van der Waals surface area contributed by atoms with Gasteiger partial charge in [0.1, 0.15) is 17.5 Å². The predicted molar refractivity (Wildman–Crippen MR) is 201 cm³/mol. The number of fused-ring (bicyclic) bond motifs is 2. The van der Waals surface area contributed by atoms with Crippen molar-refractivity contribution in [1.82, 2.24) is 15.1 Å². The lowest BCUT2D eigenvalue weighted by Gasteiger charge is -2.34. The van der Waals surface area contributed by atoms with Gasteiger partial charge in [-0.15, -0.1) is 0 Å². The van der Waals surface area contributed by atoms with Gasteiger partial charge in [-0.2, -0.15) is 0 Å². The molecule has 0 spiro atoms. The Kier molecular flexibility index (Phi) is 11.2. The number of piperidine rings is 1. The van der Waals surface area contributed by atoms with E-state index in [0.717, 1.165) is 78.8 Å². The first-order chi connectivity index (χ1) is 25.8. The number of likely N-dealkylation sites (tertiary alicyclic amines) is 1. The molecule has 276 valence electrons. The van der Waals surface area contributed by atoms with E-state index in [-0.39, 0.29) is 48.3 Å². The van der Waals surface area contributed by atoms with Crippen molar-refractivity contribution in [3.05, 3.63) is 107 Å². The average Bonchev–Trinajstić information content (AvgIpc) is 3.17. The number of amides is 3. The fourth-order valence-corrected chi connectivity index (χ4v) is 7.25. The molecule has 12 nitrogen and oxygen atoms in total. The number of phenolic OH excluding ortho intramolecular Hbond substituents is 1. The van der Waals surface area contributed by atoms with Gasteiger partial charge in [-0.25, -0.2) is 4.79 Å². The lowest BCUT2D eigenvalue weighted by Crippen LogP contribution is -2.45. The van der Waals surface area contributed by atoms with Crippen molar-refractivity contribution in [2.24, 2.45) is 0 Å². The van der Waals surface area contributed by atoms with Gasteiger partial charge >= 0.3 is 6.09 Å². The maximum Gasteiger partial charge on any atom is 0.411 e. The Hall–Kier alpha value is -5.43. The molecule has 0 bridgehead atoms. The van der Waals surface area contributed by atoms with Crippen LogP contribution in [0.3, 0.4) is 0 Å². The van der Waals surface area contributed by atoms with E-state index in [1.54, 1.807) is 6.07 Å². The van der Waals surface area contributed by atoms with E-state index in [2.05, 4.69) is 26.9 Å². The second-order valence-electron chi connectivity index (χ2n) is 13.7. The van der Waals surface area contributed by atoms with Crippen LogP contribution in [0, 0.1) is 0 Å².